The molecule has 0 aliphatic carbocycles. The molecule has 0 fully saturated rings. The third-order valence-electron chi connectivity index (χ3n) is 4.80. The minimum Gasteiger partial charge on any atom is -0.492 e. The lowest BCUT2D eigenvalue weighted by molar-refractivity contribution is -0.136. The van der Waals surface area contributed by atoms with Crippen LogP contribution in [-0.4, -0.2) is 38.6 Å². The molecule has 0 aliphatic rings. The molecule has 0 saturated heterocycles. The molecule has 3 N–H and O–H groups in total. The average Bonchev–Trinajstić information content (AvgIpc) is 2.80. The molecule has 35 heavy (non-hydrogen) atoms. The van der Waals surface area contributed by atoms with Gasteiger partial charge in [-0.3, -0.25) is 9.59 Å². The molecule has 0 aliphatic heterocycles. The number of aryl methyl sites for hydroxylation is 2. The molecule has 0 spiro atoms. The first-order valence-corrected chi connectivity index (χ1v) is 12.4. The fraction of sp³-hybridized carbons (Fsp3) is 0.231. The van der Waals surface area contributed by atoms with E-state index in [0.717, 1.165) is 16.9 Å². The number of sulfonamides is 1. The monoisotopic (exact) mass is 498 g/mol. The third kappa shape index (κ3) is 9.60. The number of carbonyl (C=O) groups is 2. The van der Waals surface area contributed by atoms with Crippen LogP contribution in [0.1, 0.15) is 23.6 Å². The number of hydrogen-bond donors (Lipinski definition) is 3. The van der Waals surface area contributed by atoms with Crippen LogP contribution >= 0.6 is 0 Å². The maximum atomic E-state index is 12.3. The van der Waals surface area contributed by atoms with Gasteiger partial charge < -0.3 is 15.2 Å². The van der Waals surface area contributed by atoms with Gasteiger partial charge in [0.2, 0.25) is 16.4 Å². The number of rotatable bonds is 10. The summed E-state index contributed by atoms with van der Waals surface area (Å²) >= 11 is 0. The smallest absolute Gasteiger partial charge is 0.307 e. The van der Waals surface area contributed by atoms with Crippen molar-refractivity contribution >= 4 is 28.1 Å². The Morgan fingerprint density at radius 3 is 2.20 bits per heavy atom. The highest BCUT2D eigenvalue weighted by molar-refractivity contribution is 7.89. The van der Waals surface area contributed by atoms with Crippen molar-refractivity contribution in [3.05, 3.63) is 89.5 Å². The molecule has 0 saturated carbocycles. The highest BCUT2D eigenvalue weighted by atomic mass is 32.2. The van der Waals surface area contributed by atoms with Crippen molar-refractivity contribution in [2.45, 2.75) is 38.1 Å². The Bertz CT molecular complexity index is 1210. The van der Waals surface area contributed by atoms with Gasteiger partial charge in [-0.1, -0.05) is 48.0 Å². The number of carboxylic acid groups (broad SMARTS) is 1. The maximum absolute atomic E-state index is 12.3. The molecule has 3 aromatic rings. The summed E-state index contributed by atoms with van der Waals surface area (Å²) in [5.74, 6) is -0.0972. The molecule has 1 atom stereocenters. The Labute approximate surface area is 206 Å². The molecule has 3 aromatic carbocycles. The third-order valence-corrected chi connectivity index (χ3v) is 6.41. The minimum atomic E-state index is -3.52. The van der Waals surface area contributed by atoms with E-state index in [1.807, 2.05) is 38.1 Å². The summed E-state index contributed by atoms with van der Waals surface area (Å²) in [7, 11) is -3.52. The Hall–Kier alpha value is -3.69. The van der Waals surface area contributed by atoms with E-state index in [4.69, 9.17) is 9.84 Å². The van der Waals surface area contributed by atoms with E-state index in [-0.39, 0.29) is 24.0 Å². The van der Waals surface area contributed by atoms with Crippen molar-refractivity contribution in [2.24, 2.45) is 0 Å². The average molecular weight is 499 g/mol. The lowest BCUT2D eigenvalue weighted by Gasteiger charge is -2.16. The van der Waals surface area contributed by atoms with E-state index in [1.165, 1.54) is 0 Å². The highest BCUT2D eigenvalue weighted by Gasteiger charge is 2.17. The maximum Gasteiger partial charge on any atom is 0.307 e. The summed E-state index contributed by atoms with van der Waals surface area (Å²) in [6.45, 7) is 5.93. The number of aliphatic carboxylic acids is 1. The zero-order chi connectivity index (χ0) is 25.8. The predicted molar refractivity (Wildman–Crippen MR) is 135 cm³/mol. The summed E-state index contributed by atoms with van der Waals surface area (Å²) < 4.78 is 32.8. The van der Waals surface area contributed by atoms with Gasteiger partial charge in [-0.15, -0.1) is 0 Å². The van der Waals surface area contributed by atoms with Crippen LogP contribution in [0.2, 0.25) is 0 Å². The van der Waals surface area contributed by atoms with Crippen molar-refractivity contribution in [1.29, 1.82) is 0 Å². The topological polar surface area (TPSA) is 122 Å². The summed E-state index contributed by atoms with van der Waals surface area (Å²) in [6.07, 6.45) is 0.577. The van der Waals surface area contributed by atoms with E-state index in [2.05, 4.69) is 10.0 Å². The number of para-hydroxylation sites is 1. The Morgan fingerprint density at radius 1 is 1.00 bits per heavy atom. The van der Waals surface area contributed by atoms with Crippen LogP contribution in [0.5, 0.6) is 5.75 Å². The zero-order valence-corrected chi connectivity index (χ0v) is 20.7. The molecule has 1 unspecified atom stereocenters. The van der Waals surface area contributed by atoms with Gasteiger partial charge in [-0.25, -0.2) is 13.1 Å². The van der Waals surface area contributed by atoms with Crippen LogP contribution in [0.3, 0.4) is 0 Å². The van der Waals surface area contributed by atoms with Gasteiger partial charge in [-0.2, -0.15) is 0 Å². The molecule has 1 amide bonds. The van der Waals surface area contributed by atoms with Gasteiger partial charge in [0.1, 0.15) is 12.4 Å². The second kappa shape index (κ2) is 13.3. The summed E-state index contributed by atoms with van der Waals surface area (Å²) in [4.78, 5) is 20.6. The zero-order valence-electron chi connectivity index (χ0n) is 19.9. The molecule has 186 valence electrons. The lowest BCUT2D eigenvalue weighted by Crippen LogP contribution is -2.36. The number of carboxylic acids is 1. The number of ether oxygens (including phenoxy) is 1. The van der Waals surface area contributed by atoms with E-state index < -0.39 is 16.0 Å². The van der Waals surface area contributed by atoms with Crippen LogP contribution < -0.4 is 14.8 Å². The standard InChI is InChI=1S/C17H21NO3S.C9H9NO3/c1-13-8-10-16(11-9-13)22(19,20)18-15(3)12-21-17-7-5-4-6-14(17)2;11-6-10-8-3-1-7(2-4-8)5-9(12)13/h4-11,15,18H,12H2,1-3H3;1-4,6H,5H2,(H,10,11)(H,12,13). The van der Waals surface area contributed by atoms with Gasteiger partial charge in [0.15, 0.2) is 0 Å². The number of carbonyl (C=O) groups excluding carboxylic acids is 1. The number of anilines is 1. The van der Waals surface area contributed by atoms with Crippen molar-refractivity contribution in [3.8, 4) is 5.75 Å². The number of nitrogens with one attached hydrogen (secondary N) is 2. The second-order valence-corrected chi connectivity index (χ2v) is 9.66. The van der Waals surface area contributed by atoms with Crippen molar-refractivity contribution in [2.75, 3.05) is 11.9 Å². The second-order valence-electron chi connectivity index (χ2n) is 7.94. The SMILES string of the molecule is Cc1ccc(S(=O)(=O)NC(C)COc2ccccc2C)cc1.O=CNc1ccc(CC(=O)O)cc1. The number of hydrogen-bond acceptors (Lipinski definition) is 5. The largest absolute Gasteiger partial charge is 0.492 e. The van der Waals surface area contributed by atoms with E-state index in [0.29, 0.717) is 17.7 Å². The Balaban J connectivity index is 0.000000283. The van der Waals surface area contributed by atoms with Crippen molar-refractivity contribution in [3.63, 3.8) is 0 Å². The van der Waals surface area contributed by atoms with Crippen molar-refractivity contribution < 1.29 is 27.9 Å². The first-order valence-electron chi connectivity index (χ1n) is 10.9. The Kier molecular flexibility index (Phi) is 10.4. The van der Waals surface area contributed by atoms with Crippen LogP contribution in [0.15, 0.2) is 77.7 Å². The Morgan fingerprint density at radius 2 is 1.63 bits per heavy atom. The van der Waals surface area contributed by atoms with Crippen LogP contribution in [0.25, 0.3) is 0 Å². The molecule has 3 rings (SSSR count). The van der Waals surface area contributed by atoms with Gasteiger partial charge >= 0.3 is 5.97 Å². The van der Waals surface area contributed by atoms with E-state index >= 15 is 0 Å². The fourth-order valence-electron chi connectivity index (χ4n) is 2.98. The van der Waals surface area contributed by atoms with Gasteiger partial charge in [-0.05, 0) is 62.2 Å². The summed E-state index contributed by atoms with van der Waals surface area (Å²) in [5.41, 5.74) is 3.42. The van der Waals surface area contributed by atoms with Crippen molar-refractivity contribution in [1.82, 2.24) is 4.72 Å². The fourth-order valence-corrected chi connectivity index (χ4v) is 4.21. The molecule has 9 heteroatoms. The molecule has 8 nitrogen and oxygen atoms in total. The van der Waals surface area contributed by atoms with Crippen LogP contribution in [-0.2, 0) is 26.0 Å². The van der Waals surface area contributed by atoms with E-state index in [9.17, 15) is 18.0 Å². The van der Waals surface area contributed by atoms with Crippen LogP contribution in [0.4, 0.5) is 5.69 Å². The van der Waals surface area contributed by atoms with E-state index in [1.54, 1.807) is 55.5 Å². The first-order chi connectivity index (χ1) is 16.6. The minimum absolute atomic E-state index is 0.00136. The molecular formula is C26H30N2O6S. The van der Waals surface area contributed by atoms with Gasteiger partial charge in [0.05, 0.1) is 17.4 Å². The molecule has 0 heterocycles. The van der Waals surface area contributed by atoms with Gasteiger partial charge in [0, 0.05) is 5.69 Å². The number of benzene rings is 3. The normalized spacial score (nSPS) is 11.5. The first kappa shape index (κ1) is 27.6. The summed E-state index contributed by atoms with van der Waals surface area (Å²) in [5, 5.41) is 10.9. The lowest BCUT2D eigenvalue weighted by atomic mass is 10.1. The van der Waals surface area contributed by atoms with Gasteiger partial charge in [0.25, 0.3) is 0 Å². The quantitative estimate of drug-likeness (QED) is 0.364. The summed E-state index contributed by atoms with van der Waals surface area (Å²) in [6, 6.07) is 20.7. The molecule has 0 radical (unpaired) electrons. The molecular weight excluding hydrogens is 468 g/mol. The molecule has 0 aromatic heterocycles. The number of amides is 1. The predicted octanol–water partition coefficient (Wildman–Crippen LogP) is 3.93. The molecule has 0 bridgehead atoms. The highest BCUT2D eigenvalue weighted by Crippen LogP contribution is 2.17. The van der Waals surface area contributed by atoms with Crippen LogP contribution in [0, 0.1) is 13.8 Å².